The van der Waals surface area contributed by atoms with Crippen molar-refractivity contribution in [3.63, 3.8) is 0 Å². The van der Waals surface area contributed by atoms with Gasteiger partial charge in [0.15, 0.2) is 5.82 Å². The fourth-order valence-corrected chi connectivity index (χ4v) is 2.52. The SMILES string of the molecule is CC(C)c1nc(-c2cn(-c3ccn(C)n3)nn2)cs1. The highest BCUT2D eigenvalue weighted by molar-refractivity contribution is 7.10. The van der Waals surface area contributed by atoms with Crippen molar-refractivity contribution in [1.82, 2.24) is 29.8 Å². The molecule has 19 heavy (non-hydrogen) atoms. The van der Waals surface area contributed by atoms with E-state index >= 15 is 0 Å². The zero-order valence-electron chi connectivity index (χ0n) is 11.0. The van der Waals surface area contributed by atoms with Gasteiger partial charge in [0, 0.05) is 30.6 Å². The lowest BCUT2D eigenvalue weighted by atomic mass is 10.2. The van der Waals surface area contributed by atoms with Crippen LogP contribution in [0.5, 0.6) is 0 Å². The fourth-order valence-electron chi connectivity index (χ4n) is 1.69. The van der Waals surface area contributed by atoms with Crippen LogP contribution in [0.15, 0.2) is 23.8 Å². The predicted molar refractivity (Wildman–Crippen MR) is 73.3 cm³/mol. The molecule has 0 radical (unpaired) electrons. The summed E-state index contributed by atoms with van der Waals surface area (Å²) < 4.78 is 3.39. The van der Waals surface area contributed by atoms with E-state index < -0.39 is 0 Å². The Labute approximate surface area is 114 Å². The first-order chi connectivity index (χ1) is 9.13. The van der Waals surface area contributed by atoms with Crippen molar-refractivity contribution in [3.8, 4) is 17.2 Å². The maximum Gasteiger partial charge on any atom is 0.176 e. The fraction of sp³-hybridized carbons (Fsp3) is 0.333. The van der Waals surface area contributed by atoms with Crippen LogP contribution in [-0.4, -0.2) is 29.8 Å². The summed E-state index contributed by atoms with van der Waals surface area (Å²) in [5.41, 5.74) is 1.64. The third-order valence-corrected chi connectivity index (χ3v) is 3.85. The van der Waals surface area contributed by atoms with Crippen LogP contribution in [0.25, 0.3) is 17.2 Å². The lowest BCUT2D eigenvalue weighted by Crippen LogP contribution is -1.97. The molecule has 0 saturated carbocycles. The molecule has 3 aromatic heterocycles. The summed E-state index contributed by atoms with van der Waals surface area (Å²) in [6.45, 7) is 4.26. The topological polar surface area (TPSA) is 61.4 Å². The molecule has 0 N–H and O–H groups in total. The third-order valence-electron chi connectivity index (χ3n) is 2.71. The number of nitrogens with zero attached hydrogens (tertiary/aromatic N) is 6. The quantitative estimate of drug-likeness (QED) is 0.735. The normalized spacial score (nSPS) is 11.4. The zero-order chi connectivity index (χ0) is 13.4. The maximum atomic E-state index is 4.57. The highest BCUT2D eigenvalue weighted by Gasteiger charge is 2.12. The molecule has 0 saturated heterocycles. The van der Waals surface area contributed by atoms with Gasteiger partial charge in [-0.1, -0.05) is 19.1 Å². The van der Waals surface area contributed by atoms with Gasteiger partial charge in [0.2, 0.25) is 0 Å². The summed E-state index contributed by atoms with van der Waals surface area (Å²) in [5, 5.41) is 15.6. The van der Waals surface area contributed by atoms with Gasteiger partial charge in [0.05, 0.1) is 11.2 Å². The number of hydrogen-bond donors (Lipinski definition) is 0. The van der Waals surface area contributed by atoms with Crippen LogP contribution in [0, 0.1) is 0 Å². The largest absolute Gasteiger partial charge is 0.274 e. The predicted octanol–water partition coefficient (Wildman–Crippen LogP) is 2.25. The monoisotopic (exact) mass is 274 g/mol. The minimum absolute atomic E-state index is 0.435. The lowest BCUT2D eigenvalue weighted by Gasteiger charge is -1.95. The number of thiazole rings is 1. The Morgan fingerprint density at radius 2 is 2.11 bits per heavy atom. The molecule has 7 heteroatoms. The summed E-state index contributed by atoms with van der Waals surface area (Å²) in [5.74, 6) is 1.19. The van der Waals surface area contributed by atoms with Gasteiger partial charge >= 0.3 is 0 Å². The number of hydrogen-bond acceptors (Lipinski definition) is 5. The van der Waals surface area contributed by atoms with Crippen molar-refractivity contribution in [2.45, 2.75) is 19.8 Å². The highest BCUT2D eigenvalue weighted by Crippen LogP contribution is 2.24. The van der Waals surface area contributed by atoms with Crippen LogP contribution < -0.4 is 0 Å². The molecule has 0 aliphatic rings. The minimum Gasteiger partial charge on any atom is -0.274 e. The van der Waals surface area contributed by atoms with Crippen LogP contribution in [0.1, 0.15) is 24.8 Å². The van der Waals surface area contributed by atoms with Gasteiger partial charge in [-0.3, -0.25) is 4.68 Å². The van der Waals surface area contributed by atoms with E-state index in [2.05, 4.69) is 34.2 Å². The molecule has 98 valence electrons. The number of aromatic nitrogens is 6. The molecule has 3 rings (SSSR count). The second-order valence-corrected chi connectivity index (χ2v) is 5.51. The first-order valence-corrected chi connectivity index (χ1v) is 6.89. The van der Waals surface area contributed by atoms with E-state index in [-0.39, 0.29) is 0 Å². The van der Waals surface area contributed by atoms with Gasteiger partial charge in [0.25, 0.3) is 0 Å². The third kappa shape index (κ3) is 2.28. The average molecular weight is 274 g/mol. The van der Waals surface area contributed by atoms with E-state index in [1.807, 2.05) is 30.9 Å². The van der Waals surface area contributed by atoms with Crippen molar-refractivity contribution < 1.29 is 0 Å². The Morgan fingerprint density at radius 3 is 2.74 bits per heavy atom. The number of rotatable bonds is 3. The first-order valence-electron chi connectivity index (χ1n) is 6.01. The average Bonchev–Trinajstić information content (AvgIpc) is 3.07. The molecule has 0 amide bonds. The summed E-state index contributed by atoms with van der Waals surface area (Å²) in [4.78, 5) is 4.57. The van der Waals surface area contributed by atoms with Gasteiger partial charge in [-0.15, -0.1) is 16.4 Å². The van der Waals surface area contributed by atoms with Gasteiger partial charge in [-0.05, 0) is 0 Å². The van der Waals surface area contributed by atoms with Crippen molar-refractivity contribution in [1.29, 1.82) is 0 Å². The van der Waals surface area contributed by atoms with Gasteiger partial charge < -0.3 is 0 Å². The molecular formula is C12H14N6S. The summed E-state index contributed by atoms with van der Waals surface area (Å²) in [7, 11) is 1.87. The smallest absolute Gasteiger partial charge is 0.176 e. The Hall–Kier alpha value is -2.02. The Bertz CT molecular complexity index is 692. The molecular weight excluding hydrogens is 260 g/mol. The van der Waals surface area contributed by atoms with Crippen LogP contribution >= 0.6 is 11.3 Å². The van der Waals surface area contributed by atoms with E-state index in [1.54, 1.807) is 20.7 Å². The second kappa shape index (κ2) is 4.58. The van der Waals surface area contributed by atoms with Crippen molar-refractivity contribution >= 4 is 11.3 Å². The molecule has 0 fully saturated rings. The summed E-state index contributed by atoms with van der Waals surface area (Å²) in [6, 6.07) is 1.89. The minimum atomic E-state index is 0.435. The maximum absolute atomic E-state index is 4.57. The molecule has 0 aliphatic heterocycles. The molecule has 0 aliphatic carbocycles. The molecule has 0 atom stereocenters. The highest BCUT2D eigenvalue weighted by atomic mass is 32.1. The van der Waals surface area contributed by atoms with Crippen molar-refractivity contribution in [2.24, 2.45) is 7.05 Å². The summed E-state index contributed by atoms with van der Waals surface area (Å²) >= 11 is 1.65. The number of aryl methyl sites for hydroxylation is 1. The molecule has 0 aromatic carbocycles. The van der Waals surface area contributed by atoms with Gasteiger partial charge in [0.1, 0.15) is 11.4 Å². The Morgan fingerprint density at radius 1 is 1.26 bits per heavy atom. The van der Waals surface area contributed by atoms with Crippen molar-refractivity contribution in [3.05, 3.63) is 28.8 Å². The second-order valence-electron chi connectivity index (χ2n) is 4.62. The van der Waals surface area contributed by atoms with E-state index in [9.17, 15) is 0 Å². The molecule has 0 spiro atoms. The molecule has 3 heterocycles. The van der Waals surface area contributed by atoms with Gasteiger partial charge in [-0.25, -0.2) is 4.98 Å². The van der Waals surface area contributed by atoms with Crippen LogP contribution in [-0.2, 0) is 7.05 Å². The van der Waals surface area contributed by atoms with E-state index in [1.165, 1.54) is 0 Å². The van der Waals surface area contributed by atoms with E-state index in [0.29, 0.717) is 5.92 Å². The Kier molecular flexibility index (Phi) is 2.90. The molecule has 0 bridgehead atoms. The van der Waals surface area contributed by atoms with Crippen LogP contribution in [0.4, 0.5) is 0 Å². The molecule has 6 nitrogen and oxygen atoms in total. The Balaban J connectivity index is 1.92. The van der Waals surface area contributed by atoms with Crippen LogP contribution in [0.2, 0.25) is 0 Å². The summed E-state index contributed by atoms with van der Waals surface area (Å²) in [6.07, 6.45) is 3.72. The van der Waals surface area contributed by atoms with Gasteiger partial charge in [-0.2, -0.15) is 9.78 Å². The molecule has 3 aromatic rings. The van der Waals surface area contributed by atoms with Crippen LogP contribution in [0.3, 0.4) is 0 Å². The van der Waals surface area contributed by atoms with E-state index in [4.69, 9.17) is 0 Å². The first kappa shape index (κ1) is 12.0. The molecule has 0 unspecified atom stereocenters. The van der Waals surface area contributed by atoms with Crippen molar-refractivity contribution in [2.75, 3.05) is 0 Å². The standard InChI is InChI=1S/C12H14N6S/c1-8(2)12-13-10(7-19-12)9-6-18(16-14-9)11-4-5-17(3)15-11/h4-8H,1-3H3. The zero-order valence-corrected chi connectivity index (χ0v) is 11.8. The van der Waals surface area contributed by atoms with E-state index in [0.717, 1.165) is 22.2 Å². The lowest BCUT2D eigenvalue weighted by molar-refractivity contribution is 0.715.